The van der Waals surface area contributed by atoms with Gasteiger partial charge in [0.2, 0.25) is 0 Å². The third kappa shape index (κ3) is 5.88. The van der Waals surface area contributed by atoms with Crippen LogP contribution < -0.4 is 5.32 Å². The number of rotatable bonds is 5. The molecule has 0 heterocycles. The molecule has 0 amide bonds. The maximum Gasteiger partial charge on any atom is 0.156 e. The first-order chi connectivity index (χ1) is 3.91. The van der Waals surface area contributed by atoms with Crippen molar-refractivity contribution in [2.45, 2.75) is 0 Å². The second kappa shape index (κ2) is 6.88. The molecule has 0 aromatic heterocycles. The highest BCUT2D eigenvalue weighted by Gasteiger charge is 1.81. The molecule has 2 N–H and O–H groups in total. The molecule has 0 aromatic carbocycles. The minimum atomic E-state index is 0.614. The van der Waals surface area contributed by atoms with Gasteiger partial charge in [0.05, 0.1) is 13.2 Å². The molecular formula is C5H13NO2. The molecule has 0 aliphatic rings. The average molecular weight is 119 g/mol. The van der Waals surface area contributed by atoms with E-state index in [1.165, 1.54) is 0 Å². The molecular weight excluding hydrogens is 106 g/mol. The zero-order valence-electron chi connectivity index (χ0n) is 5.22. The van der Waals surface area contributed by atoms with E-state index in [0.717, 1.165) is 0 Å². The molecule has 0 aliphatic heterocycles. The number of hydrogen-bond donors (Lipinski definition) is 1. The van der Waals surface area contributed by atoms with Crippen molar-refractivity contribution in [1.29, 1.82) is 0 Å². The Morgan fingerprint density at radius 3 is 2.75 bits per heavy atom. The molecule has 0 unspecified atom stereocenters. The topological polar surface area (TPSA) is 35.1 Å². The first kappa shape index (κ1) is 7.88. The molecule has 0 aromatic rings. The summed E-state index contributed by atoms with van der Waals surface area (Å²) < 4.78 is 9.71. The fourth-order valence-corrected chi connectivity index (χ4v) is 0.309. The Morgan fingerprint density at radius 2 is 2.25 bits per heavy atom. The molecule has 0 spiro atoms. The highest BCUT2D eigenvalue weighted by Crippen LogP contribution is 1.67. The summed E-state index contributed by atoms with van der Waals surface area (Å²) in [5, 5.41) is 1.72. The van der Waals surface area contributed by atoms with E-state index in [1.54, 1.807) is 12.4 Å². The van der Waals surface area contributed by atoms with Gasteiger partial charge in [0.1, 0.15) is 0 Å². The van der Waals surface area contributed by atoms with Gasteiger partial charge in [0.25, 0.3) is 0 Å². The highest BCUT2D eigenvalue weighted by molar-refractivity contribution is 4.19. The lowest BCUT2D eigenvalue weighted by Crippen LogP contribution is -2.77. The predicted molar refractivity (Wildman–Crippen MR) is 30.0 cm³/mol. The maximum absolute atomic E-state index is 4.98. The molecule has 0 saturated carbocycles. The maximum atomic E-state index is 4.98. The predicted octanol–water partition coefficient (Wildman–Crippen LogP) is -1.04. The van der Waals surface area contributed by atoms with Crippen molar-refractivity contribution >= 4 is 0 Å². The summed E-state index contributed by atoms with van der Waals surface area (Å²) in [6.45, 7) is 1.93. The molecule has 8 heavy (non-hydrogen) atoms. The smallest absolute Gasteiger partial charge is 0.156 e. The van der Waals surface area contributed by atoms with Crippen LogP contribution in [0.25, 0.3) is 0 Å². The SMILES string of the molecule is [CH2-][NH2+]COCCOC. The summed E-state index contributed by atoms with van der Waals surface area (Å²) in [4.78, 5) is 0. The van der Waals surface area contributed by atoms with Crippen molar-refractivity contribution in [3.05, 3.63) is 7.05 Å². The number of hydrogen-bond acceptors (Lipinski definition) is 2. The lowest BCUT2D eigenvalue weighted by atomic mass is 10.8. The summed E-state index contributed by atoms with van der Waals surface area (Å²) in [5.41, 5.74) is 0. The van der Waals surface area contributed by atoms with E-state index < -0.39 is 0 Å². The molecule has 0 radical (unpaired) electrons. The Bertz CT molecular complexity index is 35.4. The van der Waals surface area contributed by atoms with Gasteiger partial charge in [-0.05, 0) is 0 Å². The number of ether oxygens (including phenoxy) is 2. The van der Waals surface area contributed by atoms with Crippen molar-refractivity contribution < 1.29 is 14.8 Å². The lowest BCUT2D eigenvalue weighted by molar-refractivity contribution is -0.633. The number of nitrogens with two attached hydrogens (primary N) is 1. The Balaban J connectivity index is 2.53. The minimum absolute atomic E-state index is 0.614. The van der Waals surface area contributed by atoms with Crippen molar-refractivity contribution in [2.24, 2.45) is 0 Å². The third-order valence-electron chi connectivity index (χ3n) is 0.667. The fraction of sp³-hybridized carbons (Fsp3) is 0.800. The normalized spacial score (nSPS) is 9.75. The van der Waals surface area contributed by atoms with Gasteiger partial charge in [0.15, 0.2) is 6.73 Å². The Morgan fingerprint density at radius 1 is 1.50 bits per heavy atom. The van der Waals surface area contributed by atoms with Gasteiger partial charge in [-0.2, -0.15) is 7.05 Å². The monoisotopic (exact) mass is 119 g/mol. The molecule has 3 heteroatoms. The second-order valence-electron chi connectivity index (χ2n) is 1.36. The summed E-state index contributed by atoms with van der Waals surface area (Å²) in [7, 11) is 5.14. The Kier molecular flexibility index (Phi) is 6.78. The van der Waals surface area contributed by atoms with Crippen LogP contribution in [-0.4, -0.2) is 27.1 Å². The second-order valence-corrected chi connectivity index (χ2v) is 1.36. The van der Waals surface area contributed by atoms with Gasteiger partial charge >= 0.3 is 0 Å². The highest BCUT2D eigenvalue weighted by atomic mass is 16.5. The summed E-state index contributed by atoms with van der Waals surface area (Å²) in [6.07, 6.45) is 0. The molecule has 0 atom stereocenters. The largest absolute Gasteiger partial charge is 0.456 e. The van der Waals surface area contributed by atoms with E-state index in [1.807, 2.05) is 0 Å². The van der Waals surface area contributed by atoms with Crippen LogP contribution in [0.15, 0.2) is 0 Å². The van der Waals surface area contributed by atoms with Crippen LogP contribution in [0.5, 0.6) is 0 Å². The van der Waals surface area contributed by atoms with E-state index in [2.05, 4.69) is 7.05 Å². The summed E-state index contributed by atoms with van der Waals surface area (Å²) >= 11 is 0. The van der Waals surface area contributed by atoms with Gasteiger partial charge in [-0.25, -0.2) is 0 Å². The van der Waals surface area contributed by atoms with Crippen LogP contribution >= 0.6 is 0 Å². The third-order valence-corrected chi connectivity index (χ3v) is 0.667. The minimum Gasteiger partial charge on any atom is -0.456 e. The van der Waals surface area contributed by atoms with Crippen molar-refractivity contribution in [2.75, 3.05) is 27.1 Å². The van der Waals surface area contributed by atoms with Gasteiger partial charge < -0.3 is 14.8 Å². The van der Waals surface area contributed by atoms with Crippen LogP contribution in [0.4, 0.5) is 0 Å². The van der Waals surface area contributed by atoms with Gasteiger partial charge in [-0.3, -0.25) is 0 Å². The van der Waals surface area contributed by atoms with E-state index in [-0.39, 0.29) is 0 Å². The van der Waals surface area contributed by atoms with E-state index in [0.29, 0.717) is 19.9 Å². The number of methoxy groups -OCH3 is 1. The molecule has 50 valence electrons. The van der Waals surface area contributed by atoms with Gasteiger partial charge in [-0.1, -0.05) is 0 Å². The first-order valence-corrected chi connectivity index (χ1v) is 2.59. The molecule has 0 fully saturated rings. The van der Waals surface area contributed by atoms with Crippen LogP contribution in [0, 0.1) is 7.05 Å². The van der Waals surface area contributed by atoms with Gasteiger partial charge in [0, 0.05) is 7.11 Å². The average Bonchev–Trinajstić information content (AvgIpc) is 1.81. The summed E-state index contributed by atoms with van der Waals surface area (Å²) in [5.74, 6) is 0. The standard InChI is InChI=1S/C5H13NO2/c1-6-5-8-4-3-7-2/h1,3-6H2,2H3. The first-order valence-electron chi connectivity index (χ1n) is 2.59. The van der Waals surface area contributed by atoms with E-state index >= 15 is 0 Å². The Labute approximate surface area is 50.0 Å². The molecule has 0 bridgehead atoms. The van der Waals surface area contributed by atoms with Gasteiger partial charge in [-0.15, -0.1) is 0 Å². The van der Waals surface area contributed by atoms with Crippen LogP contribution in [0.2, 0.25) is 0 Å². The quantitative estimate of drug-likeness (QED) is 0.285. The molecule has 0 rings (SSSR count). The van der Waals surface area contributed by atoms with Crippen molar-refractivity contribution in [1.82, 2.24) is 0 Å². The van der Waals surface area contributed by atoms with Crippen molar-refractivity contribution in [3.8, 4) is 0 Å². The Hall–Kier alpha value is -0.120. The van der Waals surface area contributed by atoms with Crippen LogP contribution in [0.1, 0.15) is 0 Å². The zero-order chi connectivity index (χ0) is 6.24. The molecule has 0 aliphatic carbocycles. The van der Waals surface area contributed by atoms with E-state index in [4.69, 9.17) is 9.47 Å². The lowest BCUT2D eigenvalue weighted by Gasteiger charge is -2.00. The summed E-state index contributed by atoms with van der Waals surface area (Å²) in [6, 6.07) is 0. The fourth-order valence-electron chi connectivity index (χ4n) is 0.309. The van der Waals surface area contributed by atoms with Crippen molar-refractivity contribution in [3.63, 3.8) is 0 Å². The van der Waals surface area contributed by atoms with E-state index in [9.17, 15) is 0 Å². The molecule has 3 nitrogen and oxygen atoms in total. The van der Waals surface area contributed by atoms with Crippen LogP contribution in [-0.2, 0) is 9.47 Å². The molecule has 0 saturated heterocycles. The number of quaternary nitrogens is 1. The van der Waals surface area contributed by atoms with Crippen LogP contribution in [0.3, 0.4) is 0 Å². The zero-order valence-corrected chi connectivity index (χ0v) is 5.22.